The molecule has 5 nitrogen and oxygen atoms in total. The number of rotatable bonds is 5. The highest BCUT2D eigenvalue weighted by molar-refractivity contribution is 7.84. The molecule has 0 spiro atoms. The van der Waals surface area contributed by atoms with Gasteiger partial charge in [0.25, 0.3) is 0 Å². The normalized spacial score (nSPS) is 23.2. The van der Waals surface area contributed by atoms with E-state index in [0.29, 0.717) is 24.5 Å². The van der Waals surface area contributed by atoms with E-state index in [9.17, 15) is 13.8 Å². The number of carbonyl (C=O) groups excluding carboxylic acids is 1. The van der Waals surface area contributed by atoms with E-state index in [1.54, 1.807) is 0 Å². The highest BCUT2D eigenvalue weighted by Gasteiger charge is 2.29. The second kappa shape index (κ2) is 5.98. The molecule has 92 valence electrons. The fraction of sp³-hybridized carbons (Fsp3) is 0.800. The summed E-state index contributed by atoms with van der Waals surface area (Å²) in [5, 5.41) is 8.87. The van der Waals surface area contributed by atoms with Crippen LogP contribution in [0.4, 0.5) is 0 Å². The lowest BCUT2D eigenvalue weighted by atomic mass is 9.98. The molecule has 1 aliphatic rings. The Balaban J connectivity index is 2.47. The molecule has 0 radical (unpaired) electrons. The van der Waals surface area contributed by atoms with Crippen LogP contribution < -0.4 is 0 Å². The van der Waals surface area contributed by atoms with Crippen LogP contribution in [0.1, 0.15) is 19.8 Å². The van der Waals surface area contributed by atoms with Crippen LogP contribution in [0.2, 0.25) is 0 Å². The minimum atomic E-state index is -0.907. The number of piperidine rings is 1. The Hall–Kier alpha value is -0.910. The molecular formula is C10H17NO4S. The Labute approximate surface area is 97.3 Å². The molecule has 2 unspecified atom stereocenters. The summed E-state index contributed by atoms with van der Waals surface area (Å²) in [5.41, 5.74) is 0. The van der Waals surface area contributed by atoms with Crippen LogP contribution in [0.25, 0.3) is 0 Å². The minimum Gasteiger partial charge on any atom is -0.481 e. The van der Waals surface area contributed by atoms with Gasteiger partial charge < -0.3 is 10.0 Å². The van der Waals surface area contributed by atoms with E-state index >= 15 is 0 Å². The van der Waals surface area contributed by atoms with E-state index in [1.807, 2.05) is 6.92 Å². The highest BCUT2D eigenvalue weighted by atomic mass is 32.2. The van der Waals surface area contributed by atoms with Gasteiger partial charge in [0.05, 0.1) is 5.92 Å². The van der Waals surface area contributed by atoms with Crippen LogP contribution in [0.15, 0.2) is 0 Å². The molecular weight excluding hydrogens is 230 g/mol. The Morgan fingerprint density at radius 1 is 1.62 bits per heavy atom. The Bertz CT molecular complexity index is 305. The van der Waals surface area contributed by atoms with Crippen LogP contribution in [0.3, 0.4) is 0 Å². The first kappa shape index (κ1) is 13.2. The van der Waals surface area contributed by atoms with Crippen LogP contribution in [-0.2, 0) is 20.4 Å². The number of hydrogen-bond acceptors (Lipinski definition) is 3. The highest BCUT2D eigenvalue weighted by Crippen LogP contribution is 2.17. The third kappa shape index (κ3) is 3.59. The smallest absolute Gasteiger partial charge is 0.308 e. The van der Waals surface area contributed by atoms with Gasteiger partial charge in [-0.2, -0.15) is 0 Å². The molecule has 1 amide bonds. The predicted molar refractivity (Wildman–Crippen MR) is 60.5 cm³/mol. The minimum absolute atomic E-state index is 0.0226. The second-order valence-corrected chi connectivity index (χ2v) is 5.71. The summed E-state index contributed by atoms with van der Waals surface area (Å²) in [7, 11) is -0.907. The lowest BCUT2D eigenvalue weighted by Gasteiger charge is -2.30. The molecule has 0 aromatic carbocycles. The number of carboxylic acid groups (broad SMARTS) is 1. The van der Waals surface area contributed by atoms with Gasteiger partial charge in [-0.05, 0) is 6.42 Å². The number of nitrogens with zero attached hydrogens (tertiary/aromatic N) is 1. The molecule has 0 aromatic heterocycles. The third-order valence-corrected chi connectivity index (χ3v) is 4.04. The standard InChI is InChI=1S/C10H17NO4S/c1-2-16(15)6-5-11-7-8(10(13)14)3-4-9(11)12/h8H,2-7H2,1H3,(H,13,14). The average molecular weight is 247 g/mol. The van der Waals surface area contributed by atoms with Gasteiger partial charge in [-0.1, -0.05) is 6.92 Å². The summed E-state index contributed by atoms with van der Waals surface area (Å²) in [5.74, 6) is -0.327. The summed E-state index contributed by atoms with van der Waals surface area (Å²) in [6, 6.07) is 0. The molecule has 0 bridgehead atoms. The van der Waals surface area contributed by atoms with Gasteiger partial charge in [-0.15, -0.1) is 0 Å². The summed E-state index contributed by atoms with van der Waals surface area (Å²) in [6.45, 7) is 2.49. The molecule has 1 saturated heterocycles. The second-order valence-electron chi connectivity index (χ2n) is 3.85. The molecule has 1 aliphatic heterocycles. The van der Waals surface area contributed by atoms with E-state index in [0.717, 1.165) is 0 Å². The van der Waals surface area contributed by atoms with Crippen molar-refractivity contribution in [1.82, 2.24) is 4.90 Å². The van der Waals surface area contributed by atoms with Crippen molar-refractivity contribution < 1.29 is 18.9 Å². The number of carboxylic acids is 1. The molecule has 1 N–H and O–H groups in total. The van der Waals surface area contributed by atoms with Crippen molar-refractivity contribution in [3.05, 3.63) is 0 Å². The number of likely N-dealkylation sites (tertiary alicyclic amines) is 1. The molecule has 2 atom stereocenters. The summed E-state index contributed by atoms with van der Waals surface area (Å²) < 4.78 is 11.2. The van der Waals surface area contributed by atoms with Crippen LogP contribution in [-0.4, -0.2) is 50.7 Å². The van der Waals surface area contributed by atoms with Crippen LogP contribution in [0, 0.1) is 5.92 Å². The third-order valence-electron chi connectivity index (χ3n) is 2.76. The Kier molecular flexibility index (Phi) is 4.92. The Morgan fingerprint density at radius 3 is 2.88 bits per heavy atom. The van der Waals surface area contributed by atoms with Gasteiger partial charge in [0.15, 0.2) is 0 Å². The van der Waals surface area contributed by atoms with Crippen molar-refractivity contribution in [3.8, 4) is 0 Å². The molecule has 0 saturated carbocycles. The van der Waals surface area contributed by atoms with Gasteiger partial charge in [0.1, 0.15) is 0 Å². The quantitative estimate of drug-likeness (QED) is 0.746. The summed E-state index contributed by atoms with van der Waals surface area (Å²) in [4.78, 5) is 23.8. The molecule has 0 aromatic rings. The van der Waals surface area contributed by atoms with Crippen molar-refractivity contribution in [2.45, 2.75) is 19.8 Å². The average Bonchev–Trinajstić information content (AvgIpc) is 2.27. The molecule has 1 heterocycles. The van der Waals surface area contributed by atoms with Crippen molar-refractivity contribution in [2.24, 2.45) is 5.92 Å². The first-order valence-corrected chi connectivity index (χ1v) is 6.89. The van der Waals surface area contributed by atoms with E-state index in [2.05, 4.69) is 0 Å². The van der Waals surface area contributed by atoms with E-state index in [1.165, 1.54) is 4.90 Å². The number of aliphatic carboxylic acids is 1. The fourth-order valence-corrected chi connectivity index (χ4v) is 2.40. The van der Waals surface area contributed by atoms with Crippen molar-refractivity contribution in [3.63, 3.8) is 0 Å². The maximum absolute atomic E-state index is 11.5. The number of amides is 1. The first-order valence-electron chi connectivity index (χ1n) is 5.40. The van der Waals surface area contributed by atoms with Gasteiger partial charge in [0.2, 0.25) is 5.91 Å². The molecule has 6 heteroatoms. The van der Waals surface area contributed by atoms with Gasteiger partial charge in [0, 0.05) is 41.8 Å². The zero-order valence-corrected chi connectivity index (χ0v) is 10.2. The monoisotopic (exact) mass is 247 g/mol. The van der Waals surface area contributed by atoms with Gasteiger partial charge in [-0.3, -0.25) is 13.8 Å². The number of hydrogen-bond donors (Lipinski definition) is 1. The van der Waals surface area contributed by atoms with Crippen LogP contribution >= 0.6 is 0 Å². The fourth-order valence-electron chi connectivity index (χ4n) is 1.69. The molecule has 0 aliphatic carbocycles. The van der Waals surface area contributed by atoms with E-state index in [4.69, 9.17) is 5.11 Å². The van der Waals surface area contributed by atoms with Crippen molar-refractivity contribution in [2.75, 3.05) is 24.6 Å². The zero-order valence-electron chi connectivity index (χ0n) is 9.35. The number of carbonyl (C=O) groups is 2. The topological polar surface area (TPSA) is 74.7 Å². The molecule has 1 rings (SSSR count). The molecule has 16 heavy (non-hydrogen) atoms. The lowest BCUT2D eigenvalue weighted by molar-refractivity contribution is -0.147. The van der Waals surface area contributed by atoms with Gasteiger partial charge >= 0.3 is 5.97 Å². The maximum Gasteiger partial charge on any atom is 0.308 e. The van der Waals surface area contributed by atoms with E-state index in [-0.39, 0.29) is 18.9 Å². The van der Waals surface area contributed by atoms with Gasteiger partial charge in [-0.25, -0.2) is 0 Å². The summed E-state index contributed by atoms with van der Waals surface area (Å²) in [6.07, 6.45) is 0.706. The first-order chi connectivity index (χ1) is 7.54. The summed E-state index contributed by atoms with van der Waals surface area (Å²) >= 11 is 0. The largest absolute Gasteiger partial charge is 0.481 e. The lowest BCUT2D eigenvalue weighted by Crippen LogP contribution is -2.44. The van der Waals surface area contributed by atoms with E-state index < -0.39 is 22.7 Å². The SMILES string of the molecule is CCS(=O)CCN1CC(C(=O)O)CCC1=O. The predicted octanol–water partition coefficient (Wildman–Crippen LogP) is 0.0782. The Morgan fingerprint density at radius 2 is 2.31 bits per heavy atom. The maximum atomic E-state index is 11.5. The zero-order chi connectivity index (χ0) is 12.1. The van der Waals surface area contributed by atoms with Crippen molar-refractivity contribution in [1.29, 1.82) is 0 Å². The molecule has 1 fully saturated rings. The van der Waals surface area contributed by atoms with Crippen molar-refractivity contribution >= 4 is 22.7 Å². The van der Waals surface area contributed by atoms with Crippen LogP contribution in [0.5, 0.6) is 0 Å².